The third kappa shape index (κ3) is 3.50. The summed E-state index contributed by atoms with van der Waals surface area (Å²) in [5.74, 6) is 0.909. The molecule has 3 heterocycles. The van der Waals surface area contributed by atoms with E-state index in [0.717, 1.165) is 35.7 Å². The van der Waals surface area contributed by atoms with Crippen LogP contribution in [0.1, 0.15) is 29.3 Å². The first-order valence-electron chi connectivity index (χ1n) is 9.60. The molecule has 1 aliphatic rings. The standard InChI is InChI=1S/C22H25N5O/c1-15-6-7-19(11-16(15)2)25-22(28)26-10-8-20(14-26)27-17(3)12-24-21(27)18-5-4-9-23-13-18/h4-7,9,11-13,20H,8,10,14H2,1-3H3,(H,25,28). The van der Waals surface area contributed by atoms with E-state index in [4.69, 9.17) is 0 Å². The molecule has 3 aromatic rings. The van der Waals surface area contributed by atoms with Crippen LogP contribution in [0.4, 0.5) is 10.5 Å². The van der Waals surface area contributed by atoms with E-state index in [0.29, 0.717) is 6.54 Å². The summed E-state index contributed by atoms with van der Waals surface area (Å²) in [6, 6.07) is 10.1. The lowest BCUT2D eigenvalue weighted by Crippen LogP contribution is -2.33. The van der Waals surface area contributed by atoms with Crippen molar-refractivity contribution in [2.24, 2.45) is 0 Å². The quantitative estimate of drug-likeness (QED) is 0.740. The zero-order valence-corrected chi connectivity index (χ0v) is 16.5. The molecule has 1 fully saturated rings. The Labute approximate surface area is 165 Å². The Hall–Kier alpha value is -3.15. The highest BCUT2D eigenvalue weighted by Crippen LogP contribution is 2.29. The number of amides is 2. The summed E-state index contributed by atoms with van der Waals surface area (Å²) in [7, 11) is 0. The fourth-order valence-corrected chi connectivity index (χ4v) is 3.77. The summed E-state index contributed by atoms with van der Waals surface area (Å²) in [6.45, 7) is 7.58. The van der Waals surface area contributed by atoms with Gasteiger partial charge in [0.15, 0.2) is 0 Å². The number of benzene rings is 1. The van der Waals surface area contributed by atoms with Crippen LogP contribution in [0, 0.1) is 20.8 Å². The molecule has 1 saturated heterocycles. The van der Waals surface area contributed by atoms with Gasteiger partial charge in [-0.25, -0.2) is 9.78 Å². The fraction of sp³-hybridized carbons (Fsp3) is 0.318. The maximum atomic E-state index is 12.7. The molecule has 2 aromatic heterocycles. The molecule has 0 bridgehead atoms. The third-order valence-corrected chi connectivity index (χ3v) is 5.48. The number of pyridine rings is 1. The molecule has 28 heavy (non-hydrogen) atoms. The van der Waals surface area contributed by atoms with Gasteiger partial charge in [-0.3, -0.25) is 4.98 Å². The van der Waals surface area contributed by atoms with Gasteiger partial charge in [0.25, 0.3) is 0 Å². The minimum absolute atomic E-state index is 0.0496. The number of imidazole rings is 1. The van der Waals surface area contributed by atoms with E-state index in [1.807, 2.05) is 47.6 Å². The highest BCUT2D eigenvalue weighted by atomic mass is 16.2. The van der Waals surface area contributed by atoms with Crippen molar-refractivity contribution in [1.82, 2.24) is 19.4 Å². The van der Waals surface area contributed by atoms with Gasteiger partial charge in [-0.1, -0.05) is 6.07 Å². The number of nitrogens with one attached hydrogen (secondary N) is 1. The molecule has 0 radical (unpaired) electrons. The average molecular weight is 375 g/mol. The van der Waals surface area contributed by atoms with Gasteiger partial charge in [-0.2, -0.15) is 0 Å². The van der Waals surface area contributed by atoms with Crippen molar-refractivity contribution < 1.29 is 4.79 Å². The first kappa shape index (κ1) is 18.2. The van der Waals surface area contributed by atoms with Crippen molar-refractivity contribution in [3.8, 4) is 11.4 Å². The van der Waals surface area contributed by atoms with Crippen LogP contribution in [0.15, 0.2) is 48.9 Å². The van der Waals surface area contributed by atoms with Crippen LogP contribution in [0.3, 0.4) is 0 Å². The molecule has 144 valence electrons. The Bertz CT molecular complexity index is 995. The molecule has 6 nitrogen and oxygen atoms in total. The van der Waals surface area contributed by atoms with E-state index in [2.05, 4.69) is 40.6 Å². The first-order valence-corrected chi connectivity index (χ1v) is 9.60. The second kappa shape index (κ2) is 7.46. The van der Waals surface area contributed by atoms with E-state index in [1.54, 1.807) is 6.20 Å². The molecule has 6 heteroatoms. The second-order valence-electron chi connectivity index (χ2n) is 7.45. The van der Waals surface area contributed by atoms with E-state index in [-0.39, 0.29) is 12.1 Å². The largest absolute Gasteiger partial charge is 0.323 e. The Kier molecular flexibility index (Phi) is 4.86. The fourth-order valence-electron chi connectivity index (χ4n) is 3.77. The molecule has 0 saturated carbocycles. The summed E-state index contributed by atoms with van der Waals surface area (Å²) in [6.07, 6.45) is 6.39. The minimum Gasteiger partial charge on any atom is -0.323 e. The number of anilines is 1. The topological polar surface area (TPSA) is 63.1 Å². The van der Waals surface area contributed by atoms with Gasteiger partial charge in [0, 0.05) is 48.6 Å². The van der Waals surface area contributed by atoms with Gasteiger partial charge >= 0.3 is 6.03 Å². The Morgan fingerprint density at radius 2 is 2.00 bits per heavy atom. The zero-order valence-electron chi connectivity index (χ0n) is 16.5. The van der Waals surface area contributed by atoms with Crippen molar-refractivity contribution in [2.45, 2.75) is 33.2 Å². The molecule has 1 aromatic carbocycles. The van der Waals surface area contributed by atoms with Crippen LogP contribution >= 0.6 is 0 Å². The lowest BCUT2D eigenvalue weighted by atomic mass is 10.1. The molecular formula is C22H25N5O. The summed E-state index contributed by atoms with van der Waals surface area (Å²) >= 11 is 0. The summed E-state index contributed by atoms with van der Waals surface area (Å²) in [4.78, 5) is 23.4. The maximum absolute atomic E-state index is 12.7. The summed E-state index contributed by atoms with van der Waals surface area (Å²) in [5, 5.41) is 3.03. The number of hydrogen-bond donors (Lipinski definition) is 1. The molecule has 1 atom stereocenters. The van der Waals surface area contributed by atoms with Gasteiger partial charge in [0.05, 0.1) is 6.04 Å². The van der Waals surface area contributed by atoms with Crippen molar-refractivity contribution in [3.63, 3.8) is 0 Å². The van der Waals surface area contributed by atoms with Crippen molar-refractivity contribution in [3.05, 3.63) is 65.7 Å². The van der Waals surface area contributed by atoms with Crippen molar-refractivity contribution >= 4 is 11.7 Å². The summed E-state index contributed by atoms with van der Waals surface area (Å²) in [5.41, 5.74) is 5.32. The molecule has 0 spiro atoms. The number of hydrogen-bond acceptors (Lipinski definition) is 3. The lowest BCUT2D eigenvalue weighted by molar-refractivity contribution is 0.221. The highest BCUT2D eigenvalue weighted by molar-refractivity contribution is 5.89. The molecule has 1 unspecified atom stereocenters. The number of carbonyl (C=O) groups excluding carboxylic acids is 1. The number of nitrogens with zero attached hydrogens (tertiary/aromatic N) is 4. The van der Waals surface area contributed by atoms with E-state index in [1.165, 1.54) is 11.1 Å². The lowest BCUT2D eigenvalue weighted by Gasteiger charge is -2.20. The minimum atomic E-state index is -0.0496. The maximum Gasteiger partial charge on any atom is 0.321 e. The molecular weight excluding hydrogens is 350 g/mol. The number of urea groups is 1. The Morgan fingerprint density at radius 1 is 1.14 bits per heavy atom. The van der Waals surface area contributed by atoms with Crippen LogP contribution in [-0.2, 0) is 0 Å². The predicted octanol–water partition coefficient (Wildman–Crippen LogP) is 4.35. The van der Waals surface area contributed by atoms with E-state index in [9.17, 15) is 4.79 Å². The van der Waals surface area contributed by atoms with Crippen LogP contribution in [0.2, 0.25) is 0 Å². The normalized spacial score (nSPS) is 16.4. The molecule has 2 amide bonds. The van der Waals surface area contributed by atoms with Crippen LogP contribution in [-0.4, -0.2) is 38.6 Å². The monoisotopic (exact) mass is 375 g/mol. The SMILES string of the molecule is Cc1ccc(NC(=O)N2CCC(n3c(C)cnc3-c3cccnc3)C2)cc1C. The number of carbonyl (C=O) groups is 1. The number of aromatic nitrogens is 3. The number of rotatable bonds is 3. The second-order valence-corrected chi connectivity index (χ2v) is 7.45. The predicted molar refractivity (Wildman–Crippen MR) is 110 cm³/mol. The third-order valence-electron chi connectivity index (χ3n) is 5.48. The van der Waals surface area contributed by atoms with E-state index < -0.39 is 0 Å². The molecule has 4 rings (SSSR count). The van der Waals surface area contributed by atoms with Crippen LogP contribution < -0.4 is 5.32 Å². The molecule has 1 aliphatic heterocycles. The van der Waals surface area contributed by atoms with Gasteiger partial charge in [-0.05, 0) is 62.6 Å². The highest BCUT2D eigenvalue weighted by Gasteiger charge is 2.30. The number of likely N-dealkylation sites (tertiary alicyclic amines) is 1. The van der Waals surface area contributed by atoms with Crippen LogP contribution in [0.5, 0.6) is 0 Å². The van der Waals surface area contributed by atoms with Gasteiger partial charge < -0.3 is 14.8 Å². The van der Waals surface area contributed by atoms with Gasteiger partial charge in [-0.15, -0.1) is 0 Å². The van der Waals surface area contributed by atoms with Crippen molar-refractivity contribution in [1.29, 1.82) is 0 Å². The van der Waals surface area contributed by atoms with Crippen LogP contribution in [0.25, 0.3) is 11.4 Å². The Balaban J connectivity index is 1.49. The first-order chi connectivity index (χ1) is 13.5. The average Bonchev–Trinajstić information content (AvgIpc) is 3.32. The number of aryl methyl sites for hydroxylation is 3. The molecule has 0 aliphatic carbocycles. The van der Waals surface area contributed by atoms with E-state index >= 15 is 0 Å². The van der Waals surface area contributed by atoms with Crippen molar-refractivity contribution in [2.75, 3.05) is 18.4 Å². The molecule has 1 N–H and O–H groups in total. The van der Waals surface area contributed by atoms with Gasteiger partial charge in [0.1, 0.15) is 5.82 Å². The zero-order chi connectivity index (χ0) is 19.7. The smallest absolute Gasteiger partial charge is 0.321 e. The van der Waals surface area contributed by atoms with Gasteiger partial charge in [0.2, 0.25) is 0 Å². The Morgan fingerprint density at radius 3 is 2.75 bits per heavy atom. The summed E-state index contributed by atoms with van der Waals surface area (Å²) < 4.78 is 2.24.